The van der Waals surface area contributed by atoms with E-state index in [1.165, 1.54) is 24.5 Å². The van der Waals surface area contributed by atoms with Crippen LogP contribution in [0.3, 0.4) is 0 Å². The standard InChI is InChI=1S/C10H12FN/c1-10(4-5-10)7-2-3-8(11)9(12)6-7/h2-3,6H,4-5,12H2,1H3. The Morgan fingerprint density at radius 3 is 2.58 bits per heavy atom. The first-order chi connectivity index (χ1) is 5.62. The van der Waals surface area contributed by atoms with Crippen molar-refractivity contribution in [1.82, 2.24) is 0 Å². The molecule has 0 aromatic heterocycles. The minimum absolute atomic E-state index is 0.264. The molecule has 0 amide bonds. The van der Waals surface area contributed by atoms with Crippen molar-refractivity contribution in [3.05, 3.63) is 29.6 Å². The Kier molecular flexibility index (Phi) is 1.40. The second-order valence-corrected chi connectivity index (χ2v) is 3.80. The topological polar surface area (TPSA) is 26.0 Å². The molecule has 0 heterocycles. The van der Waals surface area contributed by atoms with E-state index in [2.05, 4.69) is 6.92 Å². The van der Waals surface area contributed by atoms with Crippen molar-refractivity contribution in [1.29, 1.82) is 0 Å². The smallest absolute Gasteiger partial charge is 0.146 e. The molecule has 0 unspecified atom stereocenters. The molecule has 1 aliphatic rings. The molecule has 2 rings (SSSR count). The number of anilines is 1. The quantitative estimate of drug-likeness (QED) is 0.635. The van der Waals surface area contributed by atoms with E-state index in [9.17, 15) is 4.39 Å². The summed E-state index contributed by atoms with van der Waals surface area (Å²) in [5.74, 6) is -0.317. The zero-order chi connectivity index (χ0) is 8.77. The minimum Gasteiger partial charge on any atom is -0.396 e. The Hall–Kier alpha value is -1.05. The third-order valence-electron chi connectivity index (χ3n) is 2.69. The predicted molar refractivity (Wildman–Crippen MR) is 47.4 cm³/mol. The van der Waals surface area contributed by atoms with Crippen molar-refractivity contribution in [3.8, 4) is 0 Å². The highest BCUT2D eigenvalue weighted by atomic mass is 19.1. The molecule has 0 radical (unpaired) electrons. The third kappa shape index (κ3) is 1.07. The average Bonchev–Trinajstić information content (AvgIpc) is 2.75. The summed E-state index contributed by atoms with van der Waals surface area (Å²) < 4.78 is 12.8. The molecule has 1 aliphatic carbocycles. The summed E-state index contributed by atoms with van der Waals surface area (Å²) in [5.41, 5.74) is 7.18. The van der Waals surface area contributed by atoms with E-state index in [0.717, 1.165) is 0 Å². The van der Waals surface area contributed by atoms with Gasteiger partial charge >= 0.3 is 0 Å². The van der Waals surface area contributed by atoms with Crippen LogP contribution in [0.25, 0.3) is 0 Å². The second kappa shape index (κ2) is 2.22. The van der Waals surface area contributed by atoms with Crippen LogP contribution < -0.4 is 5.73 Å². The van der Waals surface area contributed by atoms with Gasteiger partial charge in [-0.05, 0) is 36.0 Å². The summed E-state index contributed by atoms with van der Waals surface area (Å²) in [7, 11) is 0. The van der Waals surface area contributed by atoms with Gasteiger partial charge in [-0.3, -0.25) is 0 Å². The first kappa shape index (κ1) is 7.59. The van der Waals surface area contributed by atoms with Gasteiger partial charge in [0.15, 0.2) is 0 Å². The molecule has 0 spiro atoms. The van der Waals surface area contributed by atoms with Gasteiger partial charge in [-0.25, -0.2) is 4.39 Å². The van der Waals surface area contributed by atoms with Crippen LogP contribution in [0.5, 0.6) is 0 Å². The van der Waals surface area contributed by atoms with E-state index in [1.807, 2.05) is 6.07 Å². The lowest BCUT2D eigenvalue weighted by molar-refractivity contribution is 0.630. The van der Waals surface area contributed by atoms with Crippen LogP contribution in [-0.2, 0) is 5.41 Å². The molecule has 0 atom stereocenters. The fourth-order valence-electron chi connectivity index (χ4n) is 1.40. The number of nitrogens with two attached hydrogens (primary N) is 1. The van der Waals surface area contributed by atoms with E-state index in [-0.39, 0.29) is 16.9 Å². The van der Waals surface area contributed by atoms with Crippen LogP contribution in [0.4, 0.5) is 10.1 Å². The summed E-state index contributed by atoms with van der Waals surface area (Å²) in [6.45, 7) is 2.18. The van der Waals surface area contributed by atoms with E-state index in [0.29, 0.717) is 0 Å². The Morgan fingerprint density at radius 2 is 2.08 bits per heavy atom. The van der Waals surface area contributed by atoms with Gasteiger partial charge in [-0.1, -0.05) is 13.0 Å². The highest BCUT2D eigenvalue weighted by molar-refractivity contribution is 5.46. The molecule has 0 aliphatic heterocycles. The Bertz CT molecular complexity index is 316. The average molecular weight is 165 g/mol. The van der Waals surface area contributed by atoms with Crippen molar-refractivity contribution in [2.24, 2.45) is 0 Å². The van der Waals surface area contributed by atoms with Crippen LogP contribution >= 0.6 is 0 Å². The Morgan fingerprint density at radius 1 is 1.42 bits per heavy atom. The molecule has 1 saturated carbocycles. The number of nitrogen functional groups attached to an aromatic ring is 1. The van der Waals surface area contributed by atoms with Crippen LogP contribution in [0.15, 0.2) is 18.2 Å². The molecule has 12 heavy (non-hydrogen) atoms. The van der Waals surface area contributed by atoms with Crippen LogP contribution in [0.1, 0.15) is 25.3 Å². The molecule has 1 aromatic rings. The van der Waals surface area contributed by atoms with Crippen LogP contribution in [-0.4, -0.2) is 0 Å². The van der Waals surface area contributed by atoms with E-state index < -0.39 is 0 Å². The van der Waals surface area contributed by atoms with Gasteiger partial charge < -0.3 is 5.73 Å². The maximum Gasteiger partial charge on any atom is 0.146 e. The second-order valence-electron chi connectivity index (χ2n) is 3.80. The number of hydrogen-bond donors (Lipinski definition) is 1. The van der Waals surface area contributed by atoms with Crippen molar-refractivity contribution < 1.29 is 4.39 Å². The maximum absolute atomic E-state index is 12.8. The molecule has 0 bridgehead atoms. The summed E-state index contributed by atoms with van der Waals surface area (Å²) in [6, 6.07) is 5.04. The zero-order valence-electron chi connectivity index (χ0n) is 7.10. The summed E-state index contributed by atoms with van der Waals surface area (Å²) in [6.07, 6.45) is 2.39. The number of halogens is 1. The predicted octanol–water partition coefficient (Wildman–Crippen LogP) is 2.46. The van der Waals surface area contributed by atoms with E-state index in [4.69, 9.17) is 5.73 Å². The lowest BCUT2D eigenvalue weighted by Crippen LogP contribution is -2.01. The first-order valence-corrected chi connectivity index (χ1v) is 4.17. The fourth-order valence-corrected chi connectivity index (χ4v) is 1.40. The first-order valence-electron chi connectivity index (χ1n) is 4.17. The van der Waals surface area contributed by atoms with Gasteiger partial charge in [-0.2, -0.15) is 0 Å². The molecule has 2 heteroatoms. The summed E-state index contributed by atoms with van der Waals surface area (Å²) in [5, 5.41) is 0. The third-order valence-corrected chi connectivity index (χ3v) is 2.69. The number of rotatable bonds is 1. The number of benzene rings is 1. The summed E-state index contributed by atoms with van der Waals surface area (Å²) in [4.78, 5) is 0. The molecule has 64 valence electrons. The highest BCUT2D eigenvalue weighted by Gasteiger charge is 2.39. The van der Waals surface area contributed by atoms with Gasteiger partial charge in [0.25, 0.3) is 0 Å². The van der Waals surface area contributed by atoms with Gasteiger partial charge in [0.1, 0.15) is 5.82 Å². The Balaban J connectivity index is 2.41. The van der Waals surface area contributed by atoms with Crippen LogP contribution in [0.2, 0.25) is 0 Å². The minimum atomic E-state index is -0.317. The lowest BCUT2D eigenvalue weighted by atomic mass is 9.98. The van der Waals surface area contributed by atoms with Crippen molar-refractivity contribution in [2.45, 2.75) is 25.2 Å². The monoisotopic (exact) mass is 165 g/mol. The highest BCUT2D eigenvalue weighted by Crippen LogP contribution is 2.47. The van der Waals surface area contributed by atoms with Gasteiger partial charge in [0.05, 0.1) is 5.69 Å². The van der Waals surface area contributed by atoms with Crippen molar-refractivity contribution in [3.63, 3.8) is 0 Å². The van der Waals surface area contributed by atoms with Gasteiger partial charge in [0, 0.05) is 0 Å². The molecular formula is C10H12FN. The Labute approximate surface area is 71.4 Å². The van der Waals surface area contributed by atoms with Crippen molar-refractivity contribution in [2.75, 3.05) is 5.73 Å². The van der Waals surface area contributed by atoms with Crippen LogP contribution in [0, 0.1) is 5.82 Å². The SMILES string of the molecule is CC1(c2ccc(F)c(N)c2)CC1. The fraction of sp³-hybridized carbons (Fsp3) is 0.400. The lowest BCUT2D eigenvalue weighted by Gasteiger charge is -2.09. The van der Waals surface area contributed by atoms with Gasteiger partial charge in [0.2, 0.25) is 0 Å². The maximum atomic E-state index is 12.8. The van der Waals surface area contributed by atoms with E-state index in [1.54, 1.807) is 6.07 Å². The molecular weight excluding hydrogens is 153 g/mol. The molecule has 1 aromatic carbocycles. The van der Waals surface area contributed by atoms with E-state index >= 15 is 0 Å². The van der Waals surface area contributed by atoms with Gasteiger partial charge in [-0.15, -0.1) is 0 Å². The molecule has 1 fully saturated rings. The molecule has 0 saturated heterocycles. The number of hydrogen-bond acceptors (Lipinski definition) is 1. The zero-order valence-corrected chi connectivity index (χ0v) is 7.10. The molecule has 1 nitrogen and oxygen atoms in total. The molecule has 2 N–H and O–H groups in total. The summed E-state index contributed by atoms with van der Waals surface area (Å²) >= 11 is 0. The normalized spacial score (nSPS) is 19.2. The largest absolute Gasteiger partial charge is 0.396 e. The van der Waals surface area contributed by atoms with Crippen molar-refractivity contribution >= 4 is 5.69 Å².